The number of hydrogen-bond acceptors (Lipinski definition) is 2. The Kier molecular flexibility index (Phi) is 10.7. The van der Waals surface area contributed by atoms with Gasteiger partial charge in [-0.1, -0.05) is 81.5 Å². The number of nitrogens with zero attached hydrogens (tertiary/aromatic N) is 3. The zero-order chi connectivity index (χ0) is 27.6. The van der Waals surface area contributed by atoms with Crippen molar-refractivity contribution in [2.75, 3.05) is 13.1 Å². The molecule has 0 saturated heterocycles. The Hall–Kier alpha value is -3.05. The first-order valence-corrected chi connectivity index (χ1v) is 14.9. The third-order valence-corrected chi connectivity index (χ3v) is 8.26. The van der Waals surface area contributed by atoms with Gasteiger partial charge in [-0.25, -0.2) is 0 Å². The monoisotopic (exact) mass is 547 g/mol. The first-order valence-electron chi connectivity index (χ1n) is 14.5. The summed E-state index contributed by atoms with van der Waals surface area (Å²) in [6, 6.07) is 20.0. The summed E-state index contributed by atoms with van der Waals surface area (Å²) >= 11 is 6.45. The van der Waals surface area contributed by atoms with Crippen molar-refractivity contribution in [1.82, 2.24) is 14.4 Å². The topological polar surface area (TPSA) is 45.6 Å². The van der Waals surface area contributed by atoms with E-state index in [1.165, 1.54) is 12.0 Å². The summed E-state index contributed by atoms with van der Waals surface area (Å²) in [7, 11) is 0. The van der Waals surface area contributed by atoms with E-state index in [2.05, 4.69) is 30.7 Å². The van der Waals surface area contributed by atoms with Gasteiger partial charge in [-0.05, 0) is 67.1 Å². The van der Waals surface area contributed by atoms with Gasteiger partial charge in [0.1, 0.15) is 6.54 Å². The average Bonchev–Trinajstić information content (AvgIpc) is 3.41. The summed E-state index contributed by atoms with van der Waals surface area (Å²) in [4.78, 5) is 31.3. The lowest BCUT2D eigenvalue weighted by molar-refractivity contribution is -0.135. The van der Waals surface area contributed by atoms with E-state index in [-0.39, 0.29) is 24.4 Å². The summed E-state index contributed by atoms with van der Waals surface area (Å²) in [5.41, 5.74) is 3.98. The second kappa shape index (κ2) is 14.4. The van der Waals surface area contributed by atoms with E-state index in [1.807, 2.05) is 59.5 Å². The van der Waals surface area contributed by atoms with Crippen molar-refractivity contribution in [3.8, 4) is 0 Å². The highest BCUT2D eigenvalue weighted by Crippen LogP contribution is 2.26. The van der Waals surface area contributed by atoms with Crippen LogP contribution >= 0.6 is 11.6 Å². The minimum absolute atomic E-state index is 0.0297. The Labute approximate surface area is 238 Å². The Bertz CT molecular complexity index is 1210. The molecule has 0 bridgehead atoms. The number of carbonyl (C=O) groups excluding carboxylic acids is 2. The van der Waals surface area contributed by atoms with E-state index in [0.29, 0.717) is 25.2 Å². The number of hydrogen-bond donors (Lipinski definition) is 0. The maximum Gasteiger partial charge on any atom is 0.254 e. The molecule has 0 spiro atoms. The zero-order valence-electron chi connectivity index (χ0n) is 23.4. The summed E-state index contributed by atoms with van der Waals surface area (Å²) in [6.07, 6.45) is 10.3. The number of unbranched alkanes of at least 4 members (excludes halogenated alkanes) is 1. The Balaban J connectivity index is 1.54. The lowest BCUT2D eigenvalue weighted by Gasteiger charge is -2.36. The zero-order valence-corrected chi connectivity index (χ0v) is 24.2. The molecule has 0 radical (unpaired) electrons. The van der Waals surface area contributed by atoms with Gasteiger partial charge in [0.25, 0.3) is 5.91 Å². The third-order valence-electron chi connectivity index (χ3n) is 7.89. The van der Waals surface area contributed by atoms with Crippen LogP contribution < -0.4 is 0 Å². The molecule has 6 heteroatoms. The van der Waals surface area contributed by atoms with Crippen molar-refractivity contribution in [1.29, 1.82) is 0 Å². The van der Waals surface area contributed by atoms with Crippen molar-refractivity contribution in [3.05, 3.63) is 94.3 Å². The summed E-state index contributed by atoms with van der Waals surface area (Å²) < 4.78 is 2.18. The second-order valence-corrected chi connectivity index (χ2v) is 11.1. The fraction of sp³-hybridized carbons (Fsp3) is 0.455. The molecule has 1 aliphatic rings. The van der Waals surface area contributed by atoms with Gasteiger partial charge in [0.15, 0.2) is 0 Å². The molecule has 1 fully saturated rings. The van der Waals surface area contributed by atoms with Gasteiger partial charge < -0.3 is 14.4 Å². The average molecular weight is 548 g/mol. The molecular formula is C33H42ClN3O2. The molecule has 0 N–H and O–H groups in total. The molecule has 0 unspecified atom stereocenters. The van der Waals surface area contributed by atoms with Crippen LogP contribution in [0.3, 0.4) is 0 Å². The molecular weight excluding hydrogens is 506 g/mol. The van der Waals surface area contributed by atoms with Gasteiger partial charge in [-0.2, -0.15) is 0 Å². The molecule has 4 rings (SSSR count). The third kappa shape index (κ3) is 7.76. The molecule has 3 aromatic rings. The maximum atomic E-state index is 14.0. The fourth-order valence-corrected chi connectivity index (χ4v) is 5.66. The van der Waals surface area contributed by atoms with Crippen LogP contribution in [0, 0.1) is 0 Å². The van der Waals surface area contributed by atoms with E-state index in [1.54, 1.807) is 4.90 Å². The molecule has 1 aromatic heterocycles. The van der Waals surface area contributed by atoms with Crippen molar-refractivity contribution < 1.29 is 9.59 Å². The van der Waals surface area contributed by atoms with Crippen molar-refractivity contribution >= 4 is 23.4 Å². The number of benzene rings is 2. The van der Waals surface area contributed by atoms with Crippen molar-refractivity contribution in [2.24, 2.45) is 0 Å². The molecule has 5 nitrogen and oxygen atoms in total. The maximum absolute atomic E-state index is 14.0. The van der Waals surface area contributed by atoms with Crippen LogP contribution in [0.1, 0.15) is 86.0 Å². The van der Waals surface area contributed by atoms with E-state index < -0.39 is 0 Å². The van der Waals surface area contributed by atoms with E-state index in [9.17, 15) is 9.59 Å². The summed E-state index contributed by atoms with van der Waals surface area (Å²) in [5.74, 6) is -0.0350. The highest BCUT2D eigenvalue weighted by atomic mass is 35.5. The van der Waals surface area contributed by atoms with E-state index in [4.69, 9.17) is 11.6 Å². The van der Waals surface area contributed by atoms with Crippen LogP contribution in [0.15, 0.2) is 66.9 Å². The van der Waals surface area contributed by atoms with Crippen LogP contribution in [-0.2, 0) is 24.3 Å². The molecule has 0 atom stereocenters. The van der Waals surface area contributed by atoms with Crippen LogP contribution in [0.25, 0.3) is 0 Å². The summed E-state index contributed by atoms with van der Waals surface area (Å²) in [6.45, 7) is 6.09. The number of rotatable bonds is 12. The number of aromatic nitrogens is 1. The van der Waals surface area contributed by atoms with Gasteiger partial charge in [0, 0.05) is 41.6 Å². The van der Waals surface area contributed by atoms with Crippen molar-refractivity contribution in [2.45, 2.75) is 84.3 Å². The molecule has 208 valence electrons. The van der Waals surface area contributed by atoms with Crippen molar-refractivity contribution in [3.63, 3.8) is 0 Å². The number of halogens is 1. The molecule has 1 saturated carbocycles. The van der Waals surface area contributed by atoms with E-state index in [0.717, 1.165) is 61.2 Å². The van der Waals surface area contributed by atoms with Gasteiger partial charge >= 0.3 is 0 Å². The fourth-order valence-electron chi connectivity index (χ4n) is 5.47. The van der Waals surface area contributed by atoms with Gasteiger partial charge in [0.05, 0.1) is 6.54 Å². The predicted octanol–water partition coefficient (Wildman–Crippen LogP) is 7.36. The smallest absolute Gasteiger partial charge is 0.254 e. The molecule has 0 aliphatic heterocycles. The number of aryl methyl sites for hydroxylation is 1. The normalized spacial score (nSPS) is 13.8. The Morgan fingerprint density at radius 2 is 1.69 bits per heavy atom. The SMILES string of the molecule is CCCCN(CC(=O)N(Cc1cccn1Cc1ccccc1Cl)C1CCCCC1)C(=O)c1ccc(CC)cc1. The number of amides is 2. The minimum atomic E-state index is -0.0647. The molecule has 1 heterocycles. The van der Waals surface area contributed by atoms with Crippen LogP contribution in [-0.4, -0.2) is 45.3 Å². The van der Waals surface area contributed by atoms with Crippen LogP contribution in [0.2, 0.25) is 5.02 Å². The Morgan fingerprint density at radius 3 is 2.38 bits per heavy atom. The standard InChI is InChI=1S/C33H42ClN3O2/c1-3-5-21-36(33(39)27-19-17-26(4-2)18-20-27)25-32(38)37(29-13-7-6-8-14-29)24-30-15-11-22-35(30)23-28-12-9-10-16-31(28)34/h9-12,15-20,22,29H,3-8,13-14,21,23-25H2,1-2H3. The highest BCUT2D eigenvalue weighted by molar-refractivity contribution is 6.31. The molecule has 1 aliphatic carbocycles. The molecule has 39 heavy (non-hydrogen) atoms. The second-order valence-electron chi connectivity index (χ2n) is 10.7. The lowest BCUT2D eigenvalue weighted by atomic mass is 9.94. The number of carbonyl (C=O) groups is 2. The molecule has 2 amide bonds. The summed E-state index contributed by atoms with van der Waals surface area (Å²) in [5, 5.41) is 0.745. The van der Waals surface area contributed by atoms with Crippen LogP contribution in [0.5, 0.6) is 0 Å². The lowest BCUT2D eigenvalue weighted by Crippen LogP contribution is -2.47. The first-order chi connectivity index (χ1) is 19.0. The van der Waals surface area contributed by atoms with Gasteiger partial charge in [0.2, 0.25) is 5.91 Å². The molecule has 2 aromatic carbocycles. The first kappa shape index (κ1) is 28.9. The quantitative estimate of drug-likeness (QED) is 0.238. The van der Waals surface area contributed by atoms with E-state index >= 15 is 0 Å². The Morgan fingerprint density at radius 1 is 0.949 bits per heavy atom. The predicted molar refractivity (Wildman–Crippen MR) is 159 cm³/mol. The largest absolute Gasteiger partial charge is 0.345 e. The minimum Gasteiger partial charge on any atom is -0.345 e. The van der Waals surface area contributed by atoms with Gasteiger partial charge in [-0.3, -0.25) is 9.59 Å². The highest BCUT2D eigenvalue weighted by Gasteiger charge is 2.29. The van der Waals surface area contributed by atoms with Gasteiger partial charge in [-0.15, -0.1) is 0 Å². The van der Waals surface area contributed by atoms with Crippen LogP contribution in [0.4, 0.5) is 0 Å².